The lowest BCUT2D eigenvalue weighted by Gasteiger charge is -2.13. The predicted molar refractivity (Wildman–Crippen MR) is 86.3 cm³/mol. The Morgan fingerprint density at radius 1 is 1.14 bits per heavy atom. The SMILES string of the molecule is O=C(O)C(C/C=C/c1ccccc1)Oc1ccc(Br)cc1. The number of hydrogen-bond acceptors (Lipinski definition) is 2. The summed E-state index contributed by atoms with van der Waals surface area (Å²) in [5.41, 5.74) is 1.03. The molecule has 3 nitrogen and oxygen atoms in total. The van der Waals surface area contributed by atoms with Gasteiger partial charge in [0.2, 0.25) is 0 Å². The summed E-state index contributed by atoms with van der Waals surface area (Å²) >= 11 is 3.33. The number of halogens is 1. The molecule has 0 spiro atoms. The molecule has 108 valence electrons. The molecule has 0 aliphatic rings. The van der Waals surface area contributed by atoms with Crippen molar-refractivity contribution in [1.82, 2.24) is 0 Å². The van der Waals surface area contributed by atoms with Gasteiger partial charge >= 0.3 is 5.97 Å². The Bertz CT molecular complexity index is 606. The van der Waals surface area contributed by atoms with Crippen LogP contribution in [0.3, 0.4) is 0 Å². The predicted octanol–water partition coefficient (Wildman–Crippen LogP) is 4.38. The van der Waals surface area contributed by atoms with Crippen molar-refractivity contribution < 1.29 is 14.6 Å². The Kier molecular flexibility index (Phi) is 5.58. The first kappa shape index (κ1) is 15.3. The maximum Gasteiger partial charge on any atom is 0.345 e. The normalized spacial score (nSPS) is 12.2. The van der Waals surface area contributed by atoms with Gasteiger partial charge in [-0.05, 0) is 29.8 Å². The van der Waals surface area contributed by atoms with E-state index >= 15 is 0 Å². The van der Waals surface area contributed by atoms with Gasteiger partial charge in [0.25, 0.3) is 0 Å². The Hall–Kier alpha value is -2.07. The standard InChI is InChI=1S/C17H15BrO3/c18-14-9-11-15(12-10-14)21-16(17(19)20)8-4-7-13-5-2-1-3-6-13/h1-7,9-12,16H,8H2,(H,19,20)/b7-4+. The third-order valence-corrected chi connectivity index (χ3v) is 3.36. The Morgan fingerprint density at radius 3 is 2.43 bits per heavy atom. The molecule has 0 aromatic heterocycles. The minimum absolute atomic E-state index is 0.306. The molecule has 2 rings (SSSR count). The van der Waals surface area contributed by atoms with Crippen LogP contribution in [0.2, 0.25) is 0 Å². The van der Waals surface area contributed by atoms with Crippen LogP contribution in [0.1, 0.15) is 12.0 Å². The van der Waals surface area contributed by atoms with Crippen LogP contribution in [-0.4, -0.2) is 17.2 Å². The molecule has 0 saturated heterocycles. The van der Waals surface area contributed by atoms with Crippen LogP contribution in [0.5, 0.6) is 5.75 Å². The molecule has 0 saturated carbocycles. The highest BCUT2D eigenvalue weighted by Gasteiger charge is 2.17. The van der Waals surface area contributed by atoms with Gasteiger partial charge in [0.05, 0.1) is 0 Å². The second-order valence-corrected chi connectivity index (χ2v) is 5.36. The first-order chi connectivity index (χ1) is 10.1. The lowest BCUT2D eigenvalue weighted by molar-refractivity contribution is -0.144. The van der Waals surface area contributed by atoms with Crippen molar-refractivity contribution in [3.05, 3.63) is 70.7 Å². The molecule has 21 heavy (non-hydrogen) atoms. The highest BCUT2D eigenvalue weighted by Crippen LogP contribution is 2.18. The summed E-state index contributed by atoms with van der Waals surface area (Å²) in [6, 6.07) is 16.8. The number of hydrogen-bond donors (Lipinski definition) is 1. The molecule has 0 fully saturated rings. The van der Waals surface area contributed by atoms with E-state index < -0.39 is 12.1 Å². The third-order valence-electron chi connectivity index (χ3n) is 2.83. The van der Waals surface area contributed by atoms with Crippen molar-refractivity contribution >= 4 is 28.0 Å². The monoisotopic (exact) mass is 346 g/mol. The van der Waals surface area contributed by atoms with E-state index in [0.717, 1.165) is 10.0 Å². The second-order valence-electron chi connectivity index (χ2n) is 4.45. The Labute approximate surface area is 132 Å². The zero-order valence-corrected chi connectivity index (χ0v) is 12.9. The number of aliphatic carboxylic acids is 1. The molecule has 0 aliphatic carbocycles. The van der Waals surface area contributed by atoms with Crippen molar-refractivity contribution in [2.75, 3.05) is 0 Å². The van der Waals surface area contributed by atoms with Gasteiger partial charge in [0, 0.05) is 10.9 Å². The molecule has 0 amide bonds. The molecule has 1 atom stereocenters. The Morgan fingerprint density at radius 2 is 1.81 bits per heavy atom. The van der Waals surface area contributed by atoms with Gasteiger partial charge in [-0.15, -0.1) is 0 Å². The molecule has 4 heteroatoms. The van der Waals surface area contributed by atoms with Gasteiger partial charge < -0.3 is 9.84 Å². The van der Waals surface area contributed by atoms with Crippen molar-refractivity contribution in [2.45, 2.75) is 12.5 Å². The number of rotatable bonds is 6. The topological polar surface area (TPSA) is 46.5 Å². The summed E-state index contributed by atoms with van der Waals surface area (Å²) in [4.78, 5) is 11.2. The number of benzene rings is 2. The van der Waals surface area contributed by atoms with E-state index in [1.54, 1.807) is 12.1 Å². The minimum atomic E-state index is -0.976. The van der Waals surface area contributed by atoms with Crippen molar-refractivity contribution in [3.8, 4) is 5.75 Å². The van der Waals surface area contributed by atoms with E-state index in [2.05, 4.69) is 15.9 Å². The van der Waals surface area contributed by atoms with E-state index in [0.29, 0.717) is 12.2 Å². The van der Waals surface area contributed by atoms with Crippen molar-refractivity contribution in [2.24, 2.45) is 0 Å². The summed E-state index contributed by atoms with van der Waals surface area (Å²) < 4.78 is 6.42. The molecular weight excluding hydrogens is 332 g/mol. The zero-order valence-electron chi connectivity index (χ0n) is 11.3. The molecule has 1 N–H and O–H groups in total. The van der Waals surface area contributed by atoms with E-state index in [1.807, 2.05) is 54.6 Å². The highest BCUT2D eigenvalue weighted by atomic mass is 79.9. The zero-order chi connectivity index (χ0) is 15.1. The summed E-state index contributed by atoms with van der Waals surface area (Å²) in [6.07, 6.45) is 3.11. The molecule has 2 aromatic rings. The van der Waals surface area contributed by atoms with Crippen molar-refractivity contribution in [3.63, 3.8) is 0 Å². The van der Waals surface area contributed by atoms with E-state index in [9.17, 15) is 9.90 Å². The molecule has 2 aromatic carbocycles. The quantitative estimate of drug-likeness (QED) is 0.843. The molecule has 0 aliphatic heterocycles. The van der Waals surface area contributed by atoms with Crippen molar-refractivity contribution in [1.29, 1.82) is 0 Å². The largest absolute Gasteiger partial charge is 0.478 e. The van der Waals surface area contributed by atoms with Gasteiger partial charge in [0.1, 0.15) is 5.75 Å². The van der Waals surface area contributed by atoms with Crippen LogP contribution in [0.25, 0.3) is 6.08 Å². The fourth-order valence-corrected chi connectivity index (χ4v) is 2.03. The van der Waals surface area contributed by atoms with Gasteiger partial charge in [-0.3, -0.25) is 0 Å². The lowest BCUT2D eigenvalue weighted by atomic mass is 10.1. The van der Waals surface area contributed by atoms with E-state index in [4.69, 9.17) is 4.74 Å². The Balaban J connectivity index is 1.98. The highest BCUT2D eigenvalue weighted by molar-refractivity contribution is 9.10. The average molecular weight is 347 g/mol. The first-order valence-electron chi connectivity index (χ1n) is 6.52. The van der Waals surface area contributed by atoms with E-state index in [-0.39, 0.29) is 0 Å². The minimum Gasteiger partial charge on any atom is -0.478 e. The number of carboxylic acids is 1. The fraction of sp³-hybridized carbons (Fsp3) is 0.118. The van der Waals surface area contributed by atoms with Crippen LogP contribution in [0.4, 0.5) is 0 Å². The van der Waals surface area contributed by atoms with Crippen LogP contribution in [0, 0.1) is 0 Å². The second kappa shape index (κ2) is 7.64. The molecular formula is C17H15BrO3. The third kappa shape index (κ3) is 5.08. The first-order valence-corrected chi connectivity index (χ1v) is 7.31. The number of ether oxygens (including phenoxy) is 1. The number of carboxylic acid groups (broad SMARTS) is 1. The summed E-state index contributed by atoms with van der Waals surface area (Å²) in [7, 11) is 0. The van der Waals surface area contributed by atoms with Crippen LogP contribution in [-0.2, 0) is 4.79 Å². The maximum atomic E-state index is 11.2. The van der Waals surface area contributed by atoms with Gasteiger partial charge in [-0.1, -0.05) is 58.4 Å². The summed E-state index contributed by atoms with van der Waals surface area (Å²) in [6.45, 7) is 0. The summed E-state index contributed by atoms with van der Waals surface area (Å²) in [5, 5.41) is 9.22. The van der Waals surface area contributed by atoms with Gasteiger partial charge in [-0.25, -0.2) is 4.79 Å². The lowest BCUT2D eigenvalue weighted by Crippen LogP contribution is -2.26. The average Bonchev–Trinajstić information content (AvgIpc) is 2.49. The van der Waals surface area contributed by atoms with Crippen LogP contribution >= 0.6 is 15.9 Å². The van der Waals surface area contributed by atoms with Crippen LogP contribution in [0.15, 0.2) is 65.1 Å². The van der Waals surface area contributed by atoms with E-state index in [1.165, 1.54) is 0 Å². The molecule has 0 radical (unpaired) electrons. The number of carbonyl (C=O) groups is 1. The molecule has 0 heterocycles. The molecule has 1 unspecified atom stereocenters. The van der Waals surface area contributed by atoms with Crippen LogP contribution < -0.4 is 4.74 Å². The smallest absolute Gasteiger partial charge is 0.345 e. The fourth-order valence-electron chi connectivity index (χ4n) is 1.77. The van der Waals surface area contributed by atoms with Gasteiger partial charge in [0.15, 0.2) is 6.10 Å². The molecule has 0 bridgehead atoms. The summed E-state index contributed by atoms with van der Waals surface area (Å²) in [5.74, 6) is -0.436. The maximum absolute atomic E-state index is 11.2. The van der Waals surface area contributed by atoms with Gasteiger partial charge in [-0.2, -0.15) is 0 Å².